The molecule has 1 amide bonds. The van der Waals surface area contributed by atoms with Crippen molar-refractivity contribution in [1.29, 1.82) is 0 Å². The van der Waals surface area contributed by atoms with Crippen LogP contribution in [0.2, 0.25) is 0 Å². The molecule has 0 aliphatic heterocycles. The molecular formula is CH3N3O7Zn. The Kier molecular flexibility index (Phi) is 42.4. The fourth-order valence-corrected chi connectivity index (χ4v) is 0. The molecule has 10 nitrogen and oxygen atoms in total. The quantitative estimate of drug-likeness (QED) is 0.232. The molecule has 11 heteroatoms. The fraction of sp³-hybridized carbons (Fsp3) is 0. The first-order valence-corrected chi connectivity index (χ1v) is 1.66. The second kappa shape index (κ2) is 22.7. The Morgan fingerprint density at radius 3 is 1.00 bits per heavy atom. The summed E-state index contributed by atoms with van der Waals surface area (Å²) in [4.78, 5) is 25.1. The van der Waals surface area contributed by atoms with Gasteiger partial charge in [-0.15, -0.1) is 0 Å². The molecule has 0 fully saturated rings. The van der Waals surface area contributed by atoms with Gasteiger partial charge in [0.05, 0.1) is 10.2 Å². The number of carbonyl (C=O) groups excluding carboxylic acids is 1. The monoisotopic (exact) mass is 233 g/mol. The van der Waals surface area contributed by atoms with Gasteiger partial charge in [0.2, 0.25) is 6.41 Å². The molecule has 0 bridgehead atoms. The van der Waals surface area contributed by atoms with Crippen molar-refractivity contribution < 1.29 is 34.4 Å². The molecule has 0 unspecified atom stereocenters. The summed E-state index contributed by atoms with van der Waals surface area (Å²) >= 11 is 0. The third-order valence-electron chi connectivity index (χ3n) is 0. The van der Waals surface area contributed by atoms with Gasteiger partial charge in [-0.2, -0.15) is 0 Å². The van der Waals surface area contributed by atoms with Gasteiger partial charge in [-0.25, -0.2) is 0 Å². The summed E-state index contributed by atoms with van der Waals surface area (Å²) in [7, 11) is 0. The van der Waals surface area contributed by atoms with E-state index in [1.807, 2.05) is 0 Å². The van der Waals surface area contributed by atoms with Crippen molar-refractivity contribution in [2.45, 2.75) is 0 Å². The predicted octanol–water partition coefficient (Wildman–Crippen LogP) is -1.38. The van der Waals surface area contributed by atoms with Crippen LogP contribution in [0.1, 0.15) is 0 Å². The van der Waals surface area contributed by atoms with Crippen LogP contribution in [-0.4, -0.2) is 16.6 Å². The van der Waals surface area contributed by atoms with Crippen LogP contribution < -0.4 is 5.73 Å². The smallest absolute Gasteiger partial charge is 0.372 e. The van der Waals surface area contributed by atoms with Gasteiger partial charge in [-0.1, -0.05) is 0 Å². The number of amides is 1. The first kappa shape index (κ1) is 22.4. The summed E-state index contributed by atoms with van der Waals surface area (Å²) in [6.07, 6.45) is 0.250. The van der Waals surface area contributed by atoms with E-state index in [1.165, 1.54) is 0 Å². The van der Waals surface area contributed by atoms with Gasteiger partial charge in [0.15, 0.2) is 0 Å². The molecule has 12 heavy (non-hydrogen) atoms. The van der Waals surface area contributed by atoms with Crippen molar-refractivity contribution in [3.05, 3.63) is 30.6 Å². The van der Waals surface area contributed by atoms with E-state index < -0.39 is 10.2 Å². The second-order valence-corrected chi connectivity index (χ2v) is 0.583. The summed E-state index contributed by atoms with van der Waals surface area (Å²) in [6.45, 7) is 0. The summed E-state index contributed by atoms with van der Waals surface area (Å²) < 4.78 is 0. The van der Waals surface area contributed by atoms with Crippen LogP contribution in [0, 0.1) is 30.6 Å². The van der Waals surface area contributed by atoms with E-state index in [9.17, 15) is 0 Å². The Hall–Kier alpha value is -1.51. The Morgan fingerprint density at radius 1 is 1.00 bits per heavy atom. The number of hydrogen-bond acceptors (Lipinski definition) is 7. The summed E-state index contributed by atoms with van der Waals surface area (Å²) in [6, 6.07) is 0. The van der Waals surface area contributed by atoms with Crippen molar-refractivity contribution in [2.75, 3.05) is 0 Å². The number of rotatable bonds is 0. The van der Waals surface area contributed by atoms with E-state index in [1.54, 1.807) is 0 Å². The van der Waals surface area contributed by atoms with Gasteiger partial charge in [0.1, 0.15) is 0 Å². The van der Waals surface area contributed by atoms with Gasteiger partial charge in [-0.05, 0) is 0 Å². The first-order chi connectivity index (χ1) is 4.88. The van der Waals surface area contributed by atoms with Crippen molar-refractivity contribution in [3.63, 3.8) is 0 Å². The Balaban J connectivity index is -0.0000000389. The van der Waals surface area contributed by atoms with Crippen molar-refractivity contribution in [3.8, 4) is 0 Å². The van der Waals surface area contributed by atoms with Crippen LogP contribution >= 0.6 is 0 Å². The van der Waals surface area contributed by atoms with Gasteiger partial charge < -0.3 is 36.4 Å². The van der Waals surface area contributed by atoms with Gasteiger partial charge in [-0.3, -0.25) is 4.79 Å². The first-order valence-electron chi connectivity index (χ1n) is 1.66. The average molecular weight is 234 g/mol. The topological polar surface area (TPSA) is 175 Å². The molecule has 0 heterocycles. The Bertz CT molecular complexity index is 106. The Morgan fingerprint density at radius 2 is 1.00 bits per heavy atom. The zero-order valence-electron chi connectivity index (χ0n) is 5.61. The summed E-state index contributed by atoms with van der Waals surface area (Å²) in [5.41, 5.74) is 4.17. The van der Waals surface area contributed by atoms with Crippen molar-refractivity contribution in [1.82, 2.24) is 0 Å². The summed E-state index contributed by atoms with van der Waals surface area (Å²) in [5.74, 6) is 0. The molecule has 0 aromatic rings. The molecule has 0 radical (unpaired) electrons. The second-order valence-electron chi connectivity index (χ2n) is 0.583. The largest absolute Gasteiger partial charge is 2.00 e. The van der Waals surface area contributed by atoms with Crippen LogP contribution in [0.25, 0.3) is 0 Å². The number of nitrogens with zero attached hydrogens (tertiary/aromatic N) is 2. The molecule has 66 valence electrons. The van der Waals surface area contributed by atoms with Crippen molar-refractivity contribution >= 4 is 6.41 Å². The minimum atomic E-state index is -1.75. The van der Waals surface area contributed by atoms with Crippen LogP contribution in [0.4, 0.5) is 0 Å². The maximum absolute atomic E-state index is 8.58. The molecule has 2 N–H and O–H groups in total. The van der Waals surface area contributed by atoms with E-state index >= 15 is 0 Å². The van der Waals surface area contributed by atoms with Gasteiger partial charge in [0.25, 0.3) is 0 Å². The van der Waals surface area contributed by atoms with Crippen LogP contribution in [-0.2, 0) is 24.3 Å². The fourth-order valence-electron chi connectivity index (χ4n) is 0. The zero-order chi connectivity index (χ0) is 9.86. The molecule has 0 aliphatic rings. The SMILES string of the molecule is NC=O.O=[N+]([O-])[O-].O=[N+]([O-])[O-].[Zn+2]. The minimum absolute atomic E-state index is 0. The number of carbonyl (C=O) groups is 1. The van der Waals surface area contributed by atoms with E-state index in [-0.39, 0.29) is 25.9 Å². The average Bonchev–Trinajstić information content (AvgIpc) is 1.60. The van der Waals surface area contributed by atoms with Crippen LogP contribution in [0.3, 0.4) is 0 Å². The molecule has 0 saturated carbocycles. The maximum atomic E-state index is 8.58. The normalized spacial score (nSPS) is 5.00. The van der Waals surface area contributed by atoms with Gasteiger partial charge in [0, 0.05) is 0 Å². The predicted molar refractivity (Wildman–Crippen MR) is 31.0 cm³/mol. The standard InChI is InChI=1S/CH3NO.2NO3.Zn/c2-1-3;2*2-1(3)4;/h1H,(H2,2,3);;;/q;2*-1;+2. The maximum Gasteiger partial charge on any atom is 2.00 e. The van der Waals surface area contributed by atoms with Crippen molar-refractivity contribution in [2.24, 2.45) is 5.73 Å². The third-order valence-corrected chi connectivity index (χ3v) is 0. The summed E-state index contributed by atoms with van der Waals surface area (Å²) in [5, 5.41) is 29.5. The van der Waals surface area contributed by atoms with E-state index in [4.69, 9.17) is 35.4 Å². The van der Waals surface area contributed by atoms with Crippen LogP contribution in [0.5, 0.6) is 0 Å². The molecule has 0 atom stereocenters. The molecule has 0 aromatic heterocycles. The molecular weight excluding hydrogens is 231 g/mol. The number of nitrogens with two attached hydrogens (primary N) is 1. The molecule has 0 rings (SSSR count). The van der Waals surface area contributed by atoms with E-state index in [0.717, 1.165) is 0 Å². The zero-order valence-corrected chi connectivity index (χ0v) is 8.58. The minimum Gasteiger partial charge on any atom is -0.372 e. The Labute approximate surface area is 77.9 Å². The molecule has 0 saturated heterocycles. The van der Waals surface area contributed by atoms with E-state index in [0.29, 0.717) is 0 Å². The van der Waals surface area contributed by atoms with Gasteiger partial charge >= 0.3 is 19.5 Å². The number of primary amides is 1. The molecule has 0 aromatic carbocycles. The van der Waals surface area contributed by atoms with Crippen LogP contribution in [0.15, 0.2) is 0 Å². The third kappa shape index (κ3) is 210. The molecule has 0 aliphatic carbocycles. The number of hydrogen-bond donors (Lipinski definition) is 1. The van der Waals surface area contributed by atoms with E-state index in [2.05, 4.69) is 5.73 Å². The molecule has 0 spiro atoms.